The summed E-state index contributed by atoms with van der Waals surface area (Å²) in [5.74, 6) is 0. The molecule has 67 valence electrons. The second kappa shape index (κ2) is 8.06. The molecule has 0 heterocycles. The van der Waals surface area contributed by atoms with E-state index in [1.54, 1.807) is 0 Å². The van der Waals surface area contributed by atoms with E-state index in [0.29, 0.717) is 0 Å². The fraction of sp³-hybridized carbons (Fsp3) is 0.900. The number of unbranched alkanes of at least 4 members (excludes halogenated alkanes) is 4. The smallest absolute Gasteiger partial charge is 0.0537 e. The van der Waals surface area contributed by atoms with Gasteiger partial charge in [-0.1, -0.05) is 46.0 Å². The van der Waals surface area contributed by atoms with E-state index in [-0.39, 0.29) is 6.10 Å². The van der Waals surface area contributed by atoms with E-state index in [2.05, 4.69) is 6.92 Å². The van der Waals surface area contributed by atoms with Crippen LogP contribution in [-0.4, -0.2) is 11.2 Å². The molecule has 1 atom stereocenters. The molecule has 0 aromatic heterocycles. The van der Waals surface area contributed by atoms with E-state index >= 15 is 0 Å². The molecule has 0 saturated carbocycles. The molecule has 1 N–H and O–H groups in total. The van der Waals surface area contributed by atoms with Gasteiger partial charge in [0.1, 0.15) is 0 Å². The highest BCUT2D eigenvalue weighted by atomic mass is 16.3. The highest BCUT2D eigenvalue weighted by molar-refractivity contribution is 4.53. The zero-order valence-corrected chi connectivity index (χ0v) is 7.68. The number of aliphatic hydroxyl groups excluding tert-OH is 1. The number of hydrogen-bond acceptors (Lipinski definition) is 1. The van der Waals surface area contributed by atoms with Crippen molar-refractivity contribution in [2.75, 3.05) is 0 Å². The quantitative estimate of drug-likeness (QED) is 0.563. The van der Waals surface area contributed by atoms with Crippen LogP contribution in [0.2, 0.25) is 0 Å². The maximum absolute atomic E-state index is 9.20. The zero-order valence-electron chi connectivity index (χ0n) is 7.68. The van der Waals surface area contributed by atoms with Crippen molar-refractivity contribution in [1.82, 2.24) is 0 Å². The predicted octanol–water partition coefficient (Wildman–Crippen LogP) is 2.93. The minimum Gasteiger partial charge on any atom is -0.393 e. The van der Waals surface area contributed by atoms with Gasteiger partial charge >= 0.3 is 0 Å². The van der Waals surface area contributed by atoms with Gasteiger partial charge in [0.25, 0.3) is 0 Å². The van der Waals surface area contributed by atoms with Gasteiger partial charge < -0.3 is 5.11 Å². The molecule has 0 aromatic rings. The van der Waals surface area contributed by atoms with Crippen LogP contribution in [0.3, 0.4) is 0 Å². The minimum absolute atomic E-state index is 0.0604. The molecule has 0 bridgehead atoms. The van der Waals surface area contributed by atoms with Crippen LogP contribution < -0.4 is 0 Å². The van der Waals surface area contributed by atoms with E-state index in [1.165, 1.54) is 25.7 Å². The third-order valence-electron chi connectivity index (χ3n) is 2.01. The van der Waals surface area contributed by atoms with Crippen LogP contribution >= 0.6 is 0 Å². The maximum atomic E-state index is 9.20. The first kappa shape index (κ1) is 11.0. The van der Waals surface area contributed by atoms with Gasteiger partial charge in [0.15, 0.2) is 0 Å². The third kappa shape index (κ3) is 7.86. The molecule has 0 spiro atoms. The van der Waals surface area contributed by atoms with Gasteiger partial charge in [0, 0.05) is 0 Å². The van der Waals surface area contributed by atoms with Crippen LogP contribution in [0, 0.1) is 6.92 Å². The molecule has 1 radical (unpaired) electrons. The Kier molecular flexibility index (Phi) is 8.03. The monoisotopic (exact) mass is 157 g/mol. The van der Waals surface area contributed by atoms with Crippen LogP contribution in [-0.2, 0) is 0 Å². The van der Waals surface area contributed by atoms with Gasteiger partial charge in [-0.2, -0.15) is 0 Å². The minimum atomic E-state index is -0.0604. The van der Waals surface area contributed by atoms with Gasteiger partial charge in [0.2, 0.25) is 0 Å². The Morgan fingerprint density at radius 1 is 1.18 bits per heavy atom. The summed E-state index contributed by atoms with van der Waals surface area (Å²) in [5, 5.41) is 9.20. The van der Waals surface area contributed by atoms with Gasteiger partial charge in [-0.3, -0.25) is 0 Å². The Hall–Kier alpha value is -0.0400. The highest BCUT2D eigenvalue weighted by Gasteiger charge is 1.98. The van der Waals surface area contributed by atoms with Crippen LogP contribution in [0.4, 0.5) is 0 Å². The van der Waals surface area contributed by atoms with Crippen LogP contribution in [0.5, 0.6) is 0 Å². The van der Waals surface area contributed by atoms with E-state index in [9.17, 15) is 5.11 Å². The van der Waals surface area contributed by atoms with E-state index < -0.39 is 0 Å². The Bertz CT molecular complexity index is 71.3. The predicted molar refractivity (Wildman–Crippen MR) is 49.4 cm³/mol. The Balaban J connectivity index is 2.89. The van der Waals surface area contributed by atoms with Crippen molar-refractivity contribution in [2.45, 2.75) is 58.0 Å². The molecule has 0 aliphatic heterocycles. The standard InChI is InChI=1S/C10H21O/c1-3-5-6-7-8-9-10(11)4-2/h10-11H,1,3-9H2,2H3. The summed E-state index contributed by atoms with van der Waals surface area (Å²) in [7, 11) is 0. The molecular formula is C10H21O. The lowest BCUT2D eigenvalue weighted by atomic mass is 10.1. The second-order valence-electron chi connectivity index (χ2n) is 3.12. The molecular weight excluding hydrogens is 136 g/mol. The average molecular weight is 157 g/mol. The highest BCUT2D eigenvalue weighted by Crippen LogP contribution is 2.08. The molecule has 0 fully saturated rings. The van der Waals surface area contributed by atoms with Crippen molar-refractivity contribution < 1.29 is 5.11 Å². The first-order chi connectivity index (χ1) is 5.31. The first-order valence-electron chi connectivity index (χ1n) is 4.78. The Morgan fingerprint density at radius 2 is 1.82 bits per heavy atom. The fourth-order valence-corrected chi connectivity index (χ4v) is 1.11. The van der Waals surface area contributed by atoms with Crippen molar-refractivity contribution in [3.05, 3.63) is 6.92 Å². The average Bonchev–Trinajstić information content (AvgIpc) is 2.04. The van der Waals surface area contributed by atoms with Gasteiger partial charge in [-0.05, 0) is 12.8 Å². The molecule has 0 aliphatic carbocycles. The van der Waals surface area contributed by atoms with Crippen molar-refractivity contribution in [3.63, 3.8) is 0 Å². The lowest BCUT2D eigenvalue weighted by molar-refractivity contribution is 0.156. The van der Waals surface area contributed by atoms with Crippen LogP contribution in [0.15, 0.2) is 0 Å². The number of rotatable bonds is 7. The summed E-state index contributed by atoms with van der Waals surface area (Å²) in [4.78, 5) is 0. The molecule has 1 unspecified atom stereocenters. The van der Waals surface area contributed by atoms with Crippen molar-refractivity contribution in [3.8, 4) is 0 Å². The van der Waals surface area contributed by atoms with Crippen molar-refractivity contribution >= 4 is 0 Å². The SMILES string of the molecule is [CH2]CCCCCCC(O)CC. The molecule has 1 heteroatoms. The molecule has 0 amide bonds. The largest absolute Gasteiger partial charge is 0.393 e. The van der Waals surface area contributed by atoms with Gasteiger partial charge in [-0.15, -0.1) is 0 Å². The van der Waals surface area contributed by atoms with Gasteiger partial charge in [0.05, 0.1) is 6.10 Å². The van der Waals surface area contributed by atoms with Gasteiger partial charge in [-0.25, -0.2) is 0 Å². The molecule has 0 aliphatic rings. The molecule has 0 saturated heterocycles. The molecule has 0 aromatic carbocycles. The van der Waals surface area contributed by atoms with Crippen LogP contribution in [0.1, 0.15) is 51.9 Å². The summed E-state index contributed by atoms with van der Waals surface area (Å²) in [6.45, 7) is 5.81. The van der Waals surface area contributed by atoms with E-state index in [4.69, 9.17) is 0 Å². The Labute approximate surface area is 70.8 Å². The topological polar surface area (TPSA) is 20.2 Å². The Morgan fingerprint density at radius 3 is 2.36 bits per heavy atom. The summed E-state index contributed by atoms with van der Waals surface area (Å²) >= 11 is 0. The summed E-state index contributed by atoms with van der Waals surface area (Å²) in [5.41, 5.74) is 0. The third-order valence-corrected chi connectivity index (χ3v) is 2.01. The van der Waals surface area contributed by atoms with Crippen LogP contribution in [0.25, 0.3) is 0 Å². The maximum Gasteiger partial charge on any atom is 0.0537 e. The summed E-state index contributed by atoms with van der Waals surface area (Å²) in [6, 6.07) is 0. The molecule has 1 nitrogen and oxygen atoms in total. The van der Waals surface area contributed by atoms with E-state index in [0.717, 1.165) is 19.3 Å². The normalized spacial score (nSPS) is 13.4. The summed E-state index contributed by atoms with van der Waals surface area (Å²) in [6.07, 6.45) is 7.82. The fourth-order valence-electron chi connectivity index (χ4n) is 1.11. The number of aliphatic hydroxyl groups is 1. The van der Waals surface area contributed by atoms with Crippen molar-refractivity contribution in [2.24, 2.45) is 0 Å². The summed E-state index contributed by atoms with van der Waals surface area (Å²) < 4.78 is 0. The molecule has 11 heavy (non-hydrogen) atoms. The first-order valence-corrected chi connectivity index (χ1v) is 4.78. The zero-order chi connectivity index (χ0) is 8.53. The number of hydrogen-bond donors (Lipinski definition) is 1. The van der Waals surface area contributed by atoms with E-state index in [1.807, 2.05) is 6.92 Å². The molecule has 0 rings (SSSR count). The lowest BCUT2D eigenvalue weighted by Gasteiger charge is -2.05. The van der Waals surface area contributed by atoms with Crippen molar-refractivity contribution in [1.29, 1.82) is 0 Å². The lowest BCUT2D eigenvalue weighted by Crippen LogP contribution is -2.03. The second-order valence-corrected chi connectivity index (χ2v) is 3.12.